The summed E-state index contributed by atoms with van der Waals surface area (Å²) < 4.78 is 0. The first-order chi connectivity index (χ1) is 9.23. The Morgan fingerprint density at radius 2 is 1.85 bits per heavy atom. The molecule has 20 heavy (non-hydrogen) atoms. The summed E-state index contributed by atoms with van der Waals surface area (Å²) in [5, 5.41) is 0. The fourth-order valence-electron chi connectivity index (χ4n) is 2.04. The Morgan fingerprint density at radius 3 is 2.30 bits per heavy atom. The molecule has 0 spiro atoms. The summed E-state index contributed by atoms with van der Waals surface area (Å²) in [7, 11) is 0. The third-order valence-electron chi connectivity index (χ3n) is 3.25. The molecular formula is C16H24N2OS. The molecule has 0 aromatic heterocycles. The lowest BCUT2D eigenvalue weighted by molar-refractivity contribution is -0.141. The molecule has 2 N–H and O–H groups in total. The third-order valence-corrected chi connectivity index (χ3v) is 3.46. The summed E-state index contributed by atoms with van der Waals surface area (Å²) in [5.41, 5.74) is 6.28. The Morgan fingerprint density at radius 1 is 1.30 bits per heavy atom. The Labute approximate surface area is 127 Å². The summed E-state index contributed by atoms with van der Waals surface area (Å²) in [6, 6.07) is 10.0. The van der Waals surface area contributed by atoms with Gasteiger partial charge in [0.1, 0.15) is 0 Å². The number of thiocarbonyl (C=S) groups is 1. The van der Waals surface area contributed by atoms with Crippen LogP contribution in [-0.2, 0) is 4.79 Å². The van der Waals surface area contributed by atoms with E-state index in [9.17, 15) is 4.79 Å². The van der Waals surface area contributed by atoms with E-state index in [-0.39, 0.29) is 11.9 Å². The van der Waals surface area contributed by atoms with E-state index >= 15 is 0 Å². The monoisotopic (exact) mass is 292 g/mol. The van der Waals surface area contributed by atoms with Gasteiger partial charge < -0.3 is 10.6 Å². The van der Waals surface area contributed by atoms with E-state index < -0.39 is 5.41 Å². The molecule has 4 heteroatoms. The van der Waals surface area contributed by atoms with Crippen LogP contribution in [0.1, 0.15) is 45.7 Å². The van der Waals surface area contributed by atoms with Crippen molar-refractivity contribution in [3.8, 4) is 0 Å². The largest absolute Gasteiger partial charge is 0.393 e. The summed E-state index contributed by atoms with van der Waals surface area (Å²) in [4.78, 5) is 14.9. The maximum absolute atomic E-state index is 12.6. The molecule has 0 aliphatic rings. The van der Waals surface area contributed by atoms with Crippen LogP contribution in [0, 0.1) is 5.41 Å². The summed E-state index contributed by atoms with van der Waals surface area (Å²) in [6.07, 6.45) is 0.550. The van der Waals surface area contributed by atoms with Gasteiger partial charge in [0.2, 0.25) is 5.91 Å². The van der Waals surface area contributed by atoms with E-state index in [1.54, 1.807) is 0 Å². The molecule has 1 aromatic carbocycles. The predicted octanol–water partition coefficient (Wildman–Crippen LogP) is 3.30. The normalized spacial score (nSPS) is 12.8. The minimum Gasteiger partial charge on any atom is -0.393 e. The van der Waals surface area contributed by atoms with Crippen LogP contribution in [0.2, 0.25) is 0 Å². The SMILES string of the molecule is CC(c1ccccc1)N(CCC(N)=S)C(=O)C(C)(C)C. The lowest BCUT2D eigenvalue weighted by Gasteiger charge is -2.34. The highest BCUT2D eigenvalue weighted by molar-refractivity contribution is 7.80. The minimum absolute atomic E-state index is 0.0114. The standard InChI is InChI=1S/C16H24N2OS/c1-12(13-8-6-5-7-9-13)18(11-10-14(17)20)15(19)16(2,3)4/h5-9,12H,10-11H2,1-4H3,(H2,17,20). The number of nitrogens with two attached hydrogens (primary N) is 1. The molecule has 1 unspecified atom stereocenters. The van der Waals surface area contributed by atoms with Crippen molar-refractivity contribution in [3.05, 3.63) is 35.9 Å². The molecule has 110 valence electrons. The van der Waals surface area contributed by atoms with Gasteiger partial charge in [-0.1, -0.05) is 63.3 Å². The van der Waals surface area contributed by atoms with E-state index in [0.29, 0.717) is 18.0 Å². The summed E-state index contributed by atoms with van der Waals surface area (Å²) in [5.74, 6) is 0.116. The highest BCUT2D eigenvalue weighted by Crippen LogP contribution is 2.26. The zero-order valence-electron chi connectivity index (χ0n) is 12.7. The van der Waals surface area contributed by atoms with Gasteiger partial charge in [-0.25, -0.2) is 0 Å². The number of carbonyl (C=O) groups is 1. The molecular weight excluding hydrogens is 268 g/mol. The third kappa shape index (κ3) is 4.60. The maximum Gasteiger partial charge on any atom is 0.228 e. The van der Waals surface area contributed by atoms with Gasteiger partial charge in [0.15, 0.2) is 0 Å². The summed E-state index contributed by atoms with van der Waals surface area (Å²) >= 11 is 4.94. The van der Waals surface area contributed by atoms with Crippen LogP contribution in [-0.4, -0.2) is 22.3 Å². The predicted molar refractivity (Wildman–Crippen MR) is 87.4 cm³/mol. The van der Waals surface area contributed by atoms with Crippen molar-refractivity contribution in [1.82, 2.24) is 4.90 Å². The molecule has 1 atom stereocenters. The van der Waals surface area contributed by atoms with E-state index in [1.807, 2.05) is 62.9 Å². The molecule has 0 aliphatic carbocycles. The van der Waals surface area contributed by atoms with Gasteiger partial charge in [0.05, 0.1) is 11.0 Å². The van der Waals surface area contributed by atoms with E-state index in [1.165, 1.54) is 0 Å². The molecule has 1 amide bonds. The maximum atomic E-state index is 12.6. The second-order valence-corrected chi connectivity index (χ2v) is 6.58. The molecule has 0 saturated carbocycles. The van der Waals surface area contributed by atoms with Crippen LogP contribution in [0.4, 0.5) is 0 Å². The van der Waals surface area contributed by atoms with Crippen molar-refractivity contribution in [3.63, 3.8) is 0 Å². The first kappa shape index (κ1) is 16.6. The fraction of sp³-hybridized carbons (Fsp3) is 0.500. The van der Waals surface area contributed by atoms with E-state index in [2.05, 4.69) is 0 Å². The molecule has 0 heterocycles. The molecule has 1 rings (SSSR count). The van der Waals surface area contributed by atoms with Gasteiger partial charge in [-0.3, -0.25) is 4.79 Å². The average Bonchev–Trinajstić information content (AvgIpc) is 2.38. The van der Waals surface area contributed by atoms with Crippen molar-refractivity contribution in [2.24, 2.45) is 11.1 Å². The highest BCUT2D eigenvalue weighted by atomic mass is 32.1. The first-order valence-electron chi connectivity index (χ1n) is 6.88. The van der Waals surface area contributed by atoms with Crippen LogP contribution >= 0.6 is 12.2 Å². The number of rotatable bonds is 5. The number of nitrogens with zero attached hydrogens (tertiary/aromatic N) is 1. The average molecular weight is 292 g/mol. The molecule has 0 aliphatic heterocycles. The second kappa shape index (κ2) is 6.84. The summed E-state index contributed by atoms with van der Waals surface area (Å²) in [6.45, 7) is 8.39. The van der Waals surface area contributed by atoms with Gasteiger partial charge in [-0.05, 0) is 12.5 Å². The Bertz CT molecular complexity index is 465. The van der Waals surface area contributed by atoms with Gasteiger partial charge >= 0.3 is 0 Å². The lowest BCUT2D eigenvalue weighted by atomic mass is 9.93. The van der Waals surface area contributed by atoms with Gasteiger partial charge in [-0.2, -0.15) is 0 Å². The van der Waals surface area contributed by atoms with Crippen LogP contribution in [0.3, 0.4) is 0 Å². The number of hydrogen-bond donors (Lipinski definition) is 1. The van der Waals surface area contributed by atoms with Crippen molar-refractivity contribution in [1.29, 1.82) is 0 Å². The van der Waals surface area contributed by atoms with Crippen molar-refractivity contribution >= 4 is 23.1 Å². The number of hydrogen-bond acceptors (Lipinski definition) is 2. The van der Waals surface area contributed by atoms with Crippen molar-refractivity contribution in [2.75, 3.05) is 6.54 Å². The fourth-order valence-corrected chi connectivity index (χ4v) is 2.14. The van der Waals surface area contributed by atoms with Gasteiger partial charge in [-0.15, -0.1) is 0 Å². The smallest absolute Gasteiger partial charge is 0.228 e. The zero-order valence-corrected chi connectivity index (χ0v) is 13.5. The quantitative estimate of drug-likeness (QED) is 0.847. The van der Waals surface area contributed by atoms with Gasteiger partial charge in [0, 0.05) is 18.4 Å². The molecule has 0 saturated heterocycles. The molecule has 0 fully saturated rings. The molecule has 1 aromatic rings. The minimum atomic E-state index is -0.417. The van der Waals surface area contributed by atoms with Crippen molar-refractivity contribution in [2.45, 2.75) is 40.2 Å². The molecule has 0 radical (unpaired) electrons. The Kier molecular flexibility index (Phi) is 5.69. The number of amides is 1. The van der Waals surface area contributed by atoms with E-state index in [0.717, 1.165) is 5.56 Å². The van der Waals surface area contributed by atoms with E-state index in [4.69, 9.17) is 18.0 Å². The number of benzene rings is 1. The van der Waals surface area contributed by atoms with Crippen LogP contribution in [0.25, 0.3) is 0 Å². The lowest BCUT2D eigenvalue weighted by Crippen LogP contribution is -2.42. The molecule has 3 nitrogen and oxygen atoms in total. The molecule has 0 bridgehead atoms. The first-order valence-corrected chi connectivity index (χ1v) is 7.28. The Balaban J connectivity index is 2.98. The topological polar surface area (TPSA) is 46.3 Å². The van der Waals surface area contributed by atoms with Crippen LogP contribution < -0.4 is 5.73 Å². The van der Waals surface area contributed by atoms with Crippen LogP contribution in [0.5, 0.6) is 0 Å². The zero-order chi connectivity index (χ0) is 15.3. The van der Waals surface area contributed by atoms with Gasteiger partial charge in [0.25, 0.3) is 0 Å². The number of carbonyl (C=O) groups excluding carboxylic acids is 1. The highest BCUT2D eigenvalue weighted by Gasteiger charge is 2.30. The Hall–Kier alpha value is -1.42. The second-order valence-electron chi connectivity index (χ2n) is 6.05. The van der Waals surface area contributed by atoms with Crippen molar-refractivity contribution < 1.29 is 4.79 Å². The van der Waals surface area contributed by atoms with Crippen LogP contribution in [0.15, 0.2) is 30.3 Å².